The summed E-state index contributed by atoms with van der Waals surface area (Å²) in [7, 11) is 4.47. The summed E-state index contributed by atoms with van der Waals surface area (Å²) in [6, 6.07) is 0. The lowest BCUT2D eigenvalue weighted by atomic mass is 10.1. The van der Waals surface area contributed by atoms with Gasteiger partial charge in [0.25, 0.3) is 0 Å². The third kappa shape index (κ3) is 3.82. The van der Waals surface area contributed by atoms with Crippen molar-refractivity contribution in [1.29, 1.82) is 0 Å². The molecule has 1 heterocycles. The molecule has 0 radical (unpaired) electrons. The Balaban J connectivity index is 2.84. The van der Waals surface area contributed by atoms with Gasteiger partial charge in [-0.15, -0.1) is 0 Å². The lowest BCUT2D eigenvalue weighted by Crippen LogP contribution is -2.07. The van der Waals surface area contributed by atoms with Gasteiger partial charge in [0.2, 0.25) is 5.76 Å². The molecule has 0 aliphatic rings. The molecule has 1 unspecified atom stereocenters. The van der Waals surface area contributed by atoms with Crippen LogP contribution in [0.25, 0.3) is 0 Å². The van der Waals surface area contributed by atoms with Gasteiger partial charge < -0.3 is 18.6 Å². The second-order valence-corrected chi connectivity index (χ2v) is 4.07. The molecule has 6 nitrogen and oxygen atoms in total. The summed E-state index contributed by atoms with van der Waals surface area (Å²) in [4.78, 5) is 15.7. The van der Waals surface area contributed by atoms with Gasteiger partial charge in [-0.3, -0.25) is 0 Å². The summed E-state index contributed by atoms with van der Waals surface area (Å²) in [5.74, 6) is 0.320. The zero-order chi connectivity index (χ0) is 13.5. The molecule has 0 aromatic carbocycles. The van der Waals surface area contributed by atoms with E-state index in [1.54, 1.807) is 7.11 Å². The molecule has 1 aromatic rings. The zero-order valence-electron chi connectivity index (χ0n) is 11.2. The summed E-state index contributed by atoms with van der Waals surface area (Å²) in [5, 5.41) is 0. The van der Waals surface area contributed by atoms with Crippen molar-refractivity contribution >= 4 is 5.97 Å². The Morgan fingerprint density at radius 1 is 1.33 bits per heavy atom. The van der Waals surface area contributed by atoms with Gasteiger partial charge in [0.1, 0.15) is 5.69 Å². The molecule has 0 fully saturated rings. The predicted molar refractivity (Wildman–Crippen MR) is 63.3 cm³/mol. The molecule has 1 rings (SSSR count). The van der Waals surface area contributed by atoms with E-state index in [1.165, 1.54) is 14.2 Å². The Labute approximate surface area is 106 Å². The molecule has 0 bridgehead atoms. The van der Waals surface area contributed by atoms with E-state index < -0.39 is 5.97 Å². The maximum Gasteiger partial charge on any atom is 0.376 e. The molecule has 0 aliphatic heterocycles. The Morgan fingerprint density at radius 2 is 2.06 bits per heavy atom. The fraction of sp³-hybridized carbons (Fsp3) is 0.667. The van der Waals surface area contributed by atoms with Crippen molar-refractivity contribution in [2.45, 2.75) is 20.0 Å². The number of methoxy groups -OCH3 is 3. The van der Waals surface area contributed by atoms with Gasteiger partial charge in [0.15, 0.2) is 5.89 Å². The molecule has 0 saturated heterocycles. The molecule has 1 aromatic heterocycles. The first-order valence-corrected chi connectivity index (χ1v) is 5.67. The van der Waals surface area contributed by atoms with E-state index in [4.69, 9.17) is 13.9 Å². The van der Waals surface area contributed by atoms with E-state index >= 15 is 0 Å². The lowest BCUT2D eigenvalue weighted by molar-refractivity contribution is 0.0555. The molecule has 0 saturated carbocycles. The van der Waals surface area contributed by atoms with Crippen LogP contribution in [0, 0.1) is 5.92 Å². The van der Waals surface area contributed by atoms with Crippen LogP contribution in [0.2, 0.25) is 0 Å². The van der Waals surface area contributed by atoms with Crippen LogP contribution in [0.1, 0.15) is 29.1 Å². The zero-order valence-corrected chi connectivity index (χ0v) is 11.2. The van der Waals surface area contributed by atoms with Crippen LogP contribution in [0.3, 0.4) is 0 Å². The molecule has 18 heavy (non-hydrogen) atoms. The van der Waals surface area contributed by atoms with Crippen molar-refractivity contribution in [3.63, 3.8) is 0 Å². The first kappa shape index (κ1) is 14.7. The molecule has 102 valence electrons. The van der Waals surface area contributed by atoms with E-state index in [0.717, 1.165) is 0 Å². The van der Waals surface area contributed by atoms with Crippen LogP contribution in [0.15, 0.2) is 4.42 Å². The smallest absolute Gasteiger partial charge is 0.376 e. The summed E-state index contributed by atoms with van der Waals surface area (Å²) in [6.45, 7) is 2.84. The average Bonchev–Trinajstić information content (AvgIpc) is 2.72. The highest BCUT2D eigenvalue weighted by Crippen LogP contribution is 2.16. The number of carbonyl (C=O) groups excluding carboxylic acids is 1. The van der Waals surface area contributed by atoms with Crippen LogP contribution in [-0.2, 0) is 27.2 Å². The molecule has 0 amide bonds. The number of esters is 1. The first-order valence-electron chi connectivity index (χ1n) is 5.67. The Kier molecular flexibility index (Phi) is 5.80. The second-order valence-electron chi connectivity index (χ2n) is 4.07. The molecule has 0 spiro atoms. The predicted octanol–water partition coefficient (Wildman–Crippen LogP) is 1.43. The van der Waals surface area contributed by atoms with E-state index in [1.807, 2.05) is 6.92 Å². The van der Waals surface area contributed by atoms with Gasteiger partial charge in [0.05, 0.1) is 13.7 Å². The van der Waals surface area contributed by atoms with Crippen molar-refractivity contribution in [3.05, 3.63) is 17.3 Å². The highest BCUT2D eigenvalue weighted by atomic mass is 16.5. The minimum Gasteiger partial charge on any atom is -0.463 e. The summed E-state index contributed by atoms with van der Waals surface area (Å²) in [6.07, 6.45) is 0.599. The second kappa shape index (κ2) is 7.13. The van der Waals surface area contributed by atoms with Crippen molar-refractivity contribution in [3.8, 4) is 0 Å². The van der Waals surface area contributed by atoms with Crippen LogP contribution in [-0.4, -0.2) is 38.9 Å². The van der Waals surface area contributed by atoms with Gasteiger partial charge in [-0.05, 0) is 5.92 Å². The van der Waals surface area contributed by atoms with E-state index in [-0.39, 0.29) is 18.3 Å². The normalized spacial score (nSPS) is 12.4. The van der Waals surface area contributed by atoms with E-state index in [2.05, 4.69) is 9.72 Å². The van der Waals surface area contributed by atoms with Crippen LogP contribution >= 0.6 is 0 Å². The van der Waals surface area contributed by atoms with Crippen LogP contribution < -0.4 is 0 Å². The van der Waals surface area contributed by atoms with Crippen LogP contribution in [0.5, 0.6) is 0 Å². The number of nitrogens with zero attached hydrogens (tertiary/aromatic N) is 1. The largest absolute Gasteiger partial charge is 0.463 e. The lowest BCUT2D eigenvalue weighted by Gasteiger charge is -2.05. The van der Waals surface area contributed by atoms with Crippen molar-refractivity contribution in [1.82, 2.24) is 4.98 Å². The standard InChI is InChI=1S/C12H19NO5/c1-8(6-15-2)5-10-13-9(7-16-3)11(18-10)12(14)17-4/h8H,5-7H2,1-4H3. The minimum atomic E-state index is -0.541. The molecular formula is C12H19NO5. The summed E-state index contributed by atoms with van der Waals surface area (Å²) < 4.78 is 20.1. The van der Waals surface area contributed by atoms with Gasteiger partial charge in [-0.25, -0.2) is 9.78 Å². The van der Waals surface area contributed by atoms with Gasteiger partial charge >= 0.3 is 5.97 Å². The Bertz CT molecular complexity index is 388. The van der Waals surface area contributed by atoms with Crippen LogP contribution in [0.4, 0.5) is 0 Å². The number of oxazole rings is 1. The van der Waals surface area contributed by atoms with E-state index in [0.29, 0.717) is 24.6 Å². The Morgan fingerprint density at radius 3 is 2.61 bits per heavy atom. The number of ether oxygens (including phenoxy) is 3. The topological polar surface area (TPSA) is 70.8 Å². The first-order chi connectivity index (χ1) is 8.62. The van der Waals surface area contributed by atoms with Crippen molar-refractivity contribution < 1.29 is 23.4 Å². The van der Waals surface area contributed by atoms with Crippen molar-refractivity contribution in [2.24, 2.45) is 5.92 Å². The number of rotatable bonds is 7. The van der Waals surface area contributed by atoms with Crippen molar-refractivity contribution in [2.75, 3.05) is 27.9 Å². The molecule has 0 aliphatic carbocycles. The molecule has 6 heteroatoms. The van der Waals surface area contributed by atoms with Gasteiger partial charge in [-0.2, -0.15) is 0 Å². The third-order valence-corrected chi connectivity index (χ3v) is 2.37. The molecule has 0 N–H and O–H groups in total. The van der Waals surface area contributed by atoms with Gasteiger partial charge in [-0.1, -0.05) is 6.92 Å². The molecular weight excluding hydrogens is 238 g/mol. The number of carbonyl (C=O) groups is 1. The number of hydrogen-bond acceptors (Lipinski definition) is 6. The maximum absolute atomic E-state index is 11.5. The number of aromatic nitrogens is 1. The highest BCUT2D eigenvalue weighted by Gasteiger charge is 2.21. The number of hydrogen-bond donors (Lipinski definition) is 0. The average molecular weight is 257 g/mol. The molecule has 1 atom stereocenters. The Hall–Kier alpha value is -1.40. The maximum atomic E-state index is 11.5. The highest BCUT2D eigenvalue weighted by molar-refractivity contribution is 5.87. The quantitative estimate of drug-likeness (QED) is 0.688. The summed E-state index contributed by atoms with van der Waals surface area (Å²) >= 11 is 0. The SMILES string of the molecule is COCc1nc(CC(C)COC)oc1C(=O)OC. The van der Waals surface area contributed by atoms with E-state index in [9.17, 15) is 4.79 Å². The fourth-order valence-electron chi connectivity index (χ4n) is 1.62. The monoisotopic (exact) mass is 257 g/mol. The summed E-state index contributed by atoms with van der Waals surface area (Å²) in [5.41, 5.74) is 0.462. The third-order valence-electron chi connectivity index (χ3n) is 2.37. The fourth-order valence-corrected chi connectivity index (χ4v) is 1.62. The minimum absolute atomic E-state index is 0.110. The van der Waals surface area contributed by atoms with Gasteiger partial charge in [0, 0.05) is 27.2 Å².